The number of para-hydroxylation sites is 2. The summed E-state index contributed by atoms with van der Waals surface area (Å²) in [7, 11) is 0. The summed E-state index contributed by atoms with van der Waals surface area (Å²) in [4.78, 5) is 0. The summed E-state index contributed by atoms with van der Waals surface area (Å²) in [6.45, 7) is 0. The van der Waals surface area contributed by atoms with Gasteiger partial charge in [0.2, 0.25) is 0 Å². The normalized spacial score (nSPS) is 14.0. The van der Waals surface area contributed by atoms with Crippen LogP contribution in [0.4, 0.5) is 0 Å². The van der Waals surface area contributed by atoms with Gasteiger partial charge in [-0.05, 0) is 77.3 Å². The minimum atomic E-state index is -0.433. The quantitative estimate of drug-likeness (QED) is 0.176. The Hall–Kier alpha value is -6.44. The molecule has 0 unspecified atom stereocenters. The van der Waals surface area contributed by atoms with Crippen molar-refractivity contribution in [1.29, 1.82) is 0 Å². The van der Waals surface area contributed by atoms with Crippen LogP contribution in [0.3, 0.4) is 0 Å². The molecule has 0 radical (unpaired) electrons. The Kier molecular flexibility index (Phi) is 4.69. The van der Waals surface area contributed by atoms with Crippen molar-refractivity contribution >= 4 is 54.3 Å². The van der Waals surface area contributed by atoms with Crippen molar-refractivity contribution in [3.8, 4) is 44.5 Å². The first-order valence-corrected chi connectivity index (χ1v) is 16.2. The van der Waals surface area contributed by atoms with E-state index in [9.17, 15) is 5.48 Å². The molecule has 0 saturated carbocycles. The lowest BCUT2D eigenvalue weighted by molar-refractivity contribution is 0.670. The van der Waals surface area contributed by atoms with E-state index < -0.39 is 24.2 Å². The summed E-state index contributed by atoms with van der Waals surface area (Å²) in [5.41, 5.74) is 6.95. The second kappa shape index (κ2) is 11.1. The second-order valence-corrected chi connectivity index (χ2v) is 12.2. The summed E-state index contributed by atoms with van der Waals surface area (Å²) >= 11 is 0. The van der Waals surface area contributed by atoms with Crippen LogP contribution >= 0.6 is 0 Å². The summed E-state index contributed by atoms with van der Waals surface area (Å²) in [6, 6.07) is 40.1. The third kappa shape index (κ3) is 4.33. The molecule has 1 heteroatoms. The van der Waals surface area contributed by atoms with E-state index in [1.165, 1.54) is 0 Å². The molecule has 0 aliphatic heterocycles. The zero-order chi connectivity index (χ0) is 39.3. The molecule has 0 aliphatic carbocycles. The maximum absolute atomic E-state index is 9.43. The molecule has 0 aliphatic rings. The standard InChI is InChI=1S/C48H30O/c1-2-13-31(14-3-1)34-29-30-43(37-16-5-4-15-36(34)37)47-41-20-8-6-18-39(41)46(40-19-7-9-21-42(40)47)33-27-25-32(26-28-33)35-22-12-23-44-38-17-10-11-24-45(38)49-48(35)44/h1-30H/i6D,7D,8D,9D,18D,19D,20D,21D. The number of furan rings is 1. The van der Waals surface area contributed by atoms with E-state index in [-0.39, 0.29) is 45.7 Å². The predicted molar refractivity (Wildman–Crippen MR) is 208 cm³/mol. The summed E-state index contributed by atoms with van der Waals surface area (Å²) in [6.07, 6.45) is 0. The lowest BCUT2D eigenvalue weighted by atomic mass is 9.83. The monoisotopic (exact) mass is 630 g/mol. The Morgan fingerprint density at radius 3 is 1.53 bits per heavy atom. The van der Waals surface area contributed by atoms with Crippen LogP contribution in [-0.4, -0.2) is 0 Å². The first-order chi connectivity index (χ1) is 27.7. The van der Waals surface area contributed by atoms with E-state index in [0.717, 1.165) is 55.0 Å². The van der Waals surface area contributed by atoms with Gasteiger partial charge in [-0.25, -0.2) is 0 Å². The lowest BCUT2D eigenvalue weighted by Crippen LogP contribution is -1.92. The average molecular weight is 631 g/mol. The van der Waals surface area contributed by atoms with Crippen molar-refractivity contribution in [2.24, 2.45) is 0 Å². The summed E-state index contributed by atoms with van der Waals surface area (Å²) in [5, 5.41) is 4.38. The van der Waals surface area contributed by atoms with Crippen LogP contribution < -0.4 is 0 Å². The molecule has 9 aromatic carbocycles. The van der Waals surface area contributed by atoms with Gasteiger partial charge in [-0.2, -0.15) is 0 Å². The molecular formula is C48H30O. The maximum atomic E-state index is 9.43. The minimum absolute atomic E-state index is 0.178. The molecule has 0 atom stereocenters. The predicted octanol–water partition coefficient (Wildman–Crippen LogP) is 13.7. The van der Waals surface area contributed by atoms with Crippen molar-refractivity contribution < 1.29 is 15.4 Å². The van der Waals surface area contributed by atoms with E-state index in [4.69, 9.17) is 9.90 Å². The molecule has 0 saturated heterocycles. The fraction of sp³-hybridized carbons (Fsp3) is 0. The maximum Gasteiger partial charge on any atom is 0.143 e. The SMILES string of the molecule is [2H]c1c([2H])c([2H])c2c(-c3ccc(-c4ccccc4)c4ccccc34)c3c([2H])c([2H])c([2H])c([2H])c3c(-c3ccc(-c4cccc5c4oc4ccccc45)cc3)c2c1[2H]. The van der Waals surface area contributed by atoms with Gasteiger partial charge in [0.15, 0.2) is 0 Å². The molecule has 0 amide bonds. The van der Waals surface area contributed by atoms with Gasteiger partial charge in [0, 0.05) is 16.3 Å². The van der Waals surface area contributed by atoms with Crippen LogP contribution in [0.15, 0.2) is 186 Å². The van der Waals surface area contributed by atoms with E-state index in [1.54, 1.807) is 0 Å². The molecule has 0 bridgehead atoms. The fourth-order valence-electron chi connectivity index (χ4n) is 7.36. The van der Waals surface area contributed by atoms with Gasteiger partial charge in [-0.15, -0.1) is 0 Å². The molecule has 1 heterocycles. The smallest absolute Gasteiger partial charge is 0.143 e. The number of benzene rings is 9. The third-order valence-electron chi connectivity index (χ3n) is 9.54. The van der Waals surface area contributed by atoms with Crippen molar-refractivity contribution in [3.05, 3.63) is 182 Å². The van der Waals surface area contributed by atoms with Crippen LogP contribution in [0.2, 0.25) is 0 Å². The molecule has 0 N–H and O–H groups in total. The average Bonchev–Trinajstić information content (AvgIpc) is 3.64. The molecule has 1 aromatic heterocycles. The highest BCUT2D eigenvalue weighted by Gasteiger charge is 2.19. The zero-order valence-electron chi connectivity index (χ0n) is 34.1. The molecule has 0 spiro atoms. The Morgan fingerprint density at radius 1 is 0.327 bits per heavy atom. The molecular weight excluding hydrogens is 593 g/mol. The molecule has 228 valence electrons. The van der Waals surface area contributed by atoms with Gasteiger partial charge >= 0.3 is 0 Å². The summed E-state index contributed by atoms with van der Waals surface area (Å²) < 4.78 is 79.4. The molecule has 10 aromatic rings. The highest BCUT2D eigenvalue weighted by Crippen LogP contribution is 2.47. The molecule has 0 fully saturated rings. The fourth-order valence-corrected chi connectivity index (χ4v) is 7.36. The Balaban J connectivity index is 1.32. The highest BCUT2D eigenvalue weighted by molar-refractivity contribution is 6.24. The highest BCUT2D eigenvalue weighted by atomic mass is 16.3. The van der Waals surface area contributed by atoms with E-state index >= 15 is 0 Å². The Labute approximate surface area is 295 Å². The van der Waals surface area contributed by atoms with Crippen LogP contribution in [0.5, 0.6) is 0 Å². The number of rotatable bonds is 4. The van der Waals surface area contributed by atoms with Gasteiger partial charge in [-0.3, -0.25) is 0 Å². The van der Waals surface area contributed by atoms with Crippen molar-refractivity contribution in [3.63, 3.8) is 0 Å². The first-order valence-electron chi connectivity index (χ1n) is 20.2. The van der Waals surface area contributed by atoms with E-state index in [1.807, 2.05) is 133 Å². The third-order valence-corrected chi connectivity index (χ3v) is 9.54. The van der Waals surface area contributed by atoms with Gasteiger partial charge in [0.25, 0.3) is 0 Å². The van der Waals surface area contributed by atoms with Crippen LogP contribution in [0, 0.1) is 0 Å². The topological polar surface area (TPSA) is 13.1 Å². The van der Waals surface area contributed by atoms with Crippen molar-refractivity contribution in [2.75, 3.05) is 0 Å². The van der Waals surface area contributed by atoms with Crippen molar-refractivity contribution in [2.45, 2.75) is 0 Å². The largest absolute Gasteiger partial charge is 0.455 e. The van der Waals surface area contributed by atoms with Gasteiger partial charge in [-0.1, -0.05) is 176 Å². The lowest BCUT2D eigenvalue weighted by Gasteiger charge is -2.20. The number of fused-ring (bicyclic) bond motifs is 6. The van der Waals surface area contributed by atoms with Crippen LogP contribution in [0.1, 0.15) is 11.0 Å². The number of hydrogen-bond donors (Lipinski definition) is 0. The van der Waals surface area contributed by atoms with Gasteiger partial charge in [0.05, 0.1) is 11.0 Å². The molecule has 10 rings (SSSR count). The van der Waals surface area contributed by atoms with Crippen LogP contribution in [-0.2, 0) is 0 Å². The zero-order valence-corrected chi connectivity index (χ0v) is 26.1. The van der Waals surface area contributed by atoms with Crippen molar-refractivity contribution in [1.82, 2.24) is 0 Å². The minimum Gasteiger partial charge on any atom is -0.455 e. The Bertz CT molecular complexity index is 3240. The number of hydrogen-bond acceptors (Lipinski definition) is 1. The molecule has 49 heavy (non-hydrogen) atoms. The van der Waals surface area contributed by atoms with Gasteiger partial charge in [0.1, 0.15) is 11.2 Å². The second-order valence-electron chi connectivity index (χ2n) is 12.2. The molecule has 1 nitrogen and oxygen atoms in total. The first kappa shape index (κ1) is 20.7. The van der Waals surface area contributed by atoms with Gasteiger partial charge < -0.3 is 4.42 Å². The Morgan fingerprint density at radius 2 is 0.837 bits per heavy atom. The van der Waals surface area contributed by atoms with E-state index in [2.05, 4.69) is 0 Å². The van der Waals surface area contributed by atoms with E-state index in [0.29, 0.717) is 22.3 Å². The van der Waals surface area contributed by atoms with Crippen LogP contribution in [0.25, 0.3) is 98.8 Å². The summed E-state index contributed by atoms with van der Waals surface area (Å²) in [5.74, 6) is 0.